The fourth-order valence-corrected chi connectivity index (χ4v) is 3.28. The highest BCUT2D eigenvalue weighted by Crippen LogP contribution is 2.30. The van der Waals surface area contributed by atoms with Crippen molar-refractivity contribution in [1.82, 2.24) is 4.90 Å². The maximum Gasteiger partial charge on any atom is 0.256 e. The van der Waals surface area contributed by atoms with Crippen LogP contribution in [0.3, 0.4) is 0 Å². The van der Waals surface area contributed by atoms with E-state index in [1.807, 2.05) is 4.90 Å². The lowest BCUT2D eigenvalue weighted by Crippen LogP contribution is -2.49. The lowest BCUT2D eigenvalue weighted by molar-refractivity contribution is -0.115. The third-order valence-electron chi connectivity index (χ3n) is 4.48. The van der Waals surface area contributed by atoms with E-state index in [2.05, 4.69) is 5.32 Å². The molecule has 1 fully saturated rings. The zero-order valence-corrected chi connectivity index (χ0v) is 15.7. The van der Waals surface area contributed by atoms with E-state index in [-0.39, 0.29) is 17.9 Å². The number of amides is 2. The van der Waals surface area contributed by atoms with Crippen molar-refractivity contribution < 1.29 is 14.0 Å². The van der Waals surface area contributed by atoms with Crippen LogP contribution in [-0.4, -0.2) is 42.9 Å². The van der Waals surface area contributed by atoms with Gasteiger partial charge in [-0.2, -0.15) is 5.26 Å². The molecule has 0 unspecified atom stereocenters. The first-order chi connectivity index (χ1) is 13.5. The number of piperazine rings is 1. The molecule has 2 aromatic rings. The smallest absolute Gasteiger partial charge is 0.256 e. The van der Waals surface area contributed by atoms with E-state index < -0.39 is 11.7 Å². The van der Waals surface area contributed by atoms with Crippen LogP contribution in [-0.2, 0) is 4.79 Å². The first-order valence-corrected chi connectivity index (χ1v) is 9.12. The quantitative estimate of drug-likeness (QED) is 0.854. The first-order valence-electron chi connectivity index (χ1n) is 8.74. The predicted molar refractivity (Wildman–Crippen MR) is 105 cm³/mol. The molecule has 0 spiro atoms. The highest BCUT2D eigenvalue weighted by Gasteiger charge is 2.25. The first kappa shape index (κ1) is 19.6. The summed E-state index contributed by atoms with van der Waals surface area (Å²) >= 11 is 6.04. The Balaban J connectivity index is 1.71. The number of carbonyl (C=O) groups excluding carboxylic acids is 2. The molecule has 0 saturated carbocycles. The van der Waals surface area contributed by atoms with Crippen molar-refractivity contribution in [3.05, 3.63) is 58.9 Å². The Morgan fingerprint density at radius 2 is 1.86 bits per heavy atom. The summed E-state index contributed by atoms with van der Waals surface area (Å²) in [7, 11) is 0. The van der Waals surface area contributed by atoms with Gasteiger partial charge in [0, 0.05) is 31.2 Å². The molecule has 2 aromatic carbocycles. The second kappa shape index (κ2) is 8.72. The standard InChI is InChI=1S/C20H18ClFN4O2/c21-14-5-6-18(17(13-14)24-19(27)7-8-23)25-9-11-26(12-10-25)20(28)15-3-1-2-4-16(15)22/h1-6,13H,7,9-12H2,(H,24,27). The fourth-order valence-electron chi connectivity index (χ4n) is 3.11. The van der Waals surface area contributed by atoms with Crippen LogP contribution < -0.4 is 10.2 Å². The molecule has 0 radical (unpaired) electrons. The van der Waals surface area contributed by atoms with Gasteiger partial charge in [0.1, 0.15) is 12.2 Å². The number of nitriles is 1. The molecule has 1 aliphatic heterocycles. The van der Waals surface area contributed by atoms with Gasteiger partial charge in [-0.05, 0) is 30.3 Å². The fraction of sp³-hybridized carbons (Fsp3) is 0.250. The van der Waals surface area contributed by atoms with Crippen LogP contribution in [0, 0.1) is 17.1 Å². The van der Waals surface area contributed by atoms with Crippen LogP contribution in [0.2, 0.25) is 5.02 Å². The summed E-state index contributed by atoms with van der Waals surface area (Å²) in [5, 5.41) is 11.8. The van der Waals surface area contributed by atoms with Crippen molar-refractivity contribution in [2.24, 2.45) is 0 Å². The van der Waals surface area contributed by atoms with Crippen LogP contribution in [0.4, 0.5) is 15.8 Å². The van der Waals surface area contributed by atoms with Crippen molar-refractivity contribution >= 4 is 34.8 Å². The van der Waals surface area contributed by atoms with Crippen LogP contribution >= 0.6 is 11.6 Å². The van der Waals surface area contributed by atoms with Crippen LogP contribution in [0.15, 0.2) is 42.5 Å². The molecule has 144 valence electrons. The number of nitrogens with one attached hydrogen (secondary N) is 1. The van der Waals surface area contributed by atoms with E-state index in [0.29, 0.717) is 36.9 Å². The average Bonchev–Trinajstić information content (AvgIpc) is 2.68. The molecule has 0 aromatic heterocycles. The van der Waals surface area contributed by atoms with E-state index >= 15 is 0 Å². The number of anilines is 2. The van der Waals surface area contributed by atoms with E-state index in [4.69, 9.17) is 16.9 Å². The Kier molecular flexibility index (Phi) is 6.12. The van der Waals surface area contributed by atoms with Crippen molar-refractivity contribution in [3.8, 4) is 6.07 Å². The molecular formula is C20H18ClFN4O2. The maximum absolute atomic E-state index is 13.9. The minimum absolute atomic E-state index is 0.0619. The molecule has 0 aliphatic carbocycles. The largest absolute Gasteiger partial charge is 0.366 e. The molecule has 0 atom stereocenters. The summed E-state index contributed by atoms with van der Waals surface area (Å²) in [6.45, 7) is 1.87. The second-order valence-electron chi connectivity index (χ2n) is 6.30. The van der Waals surface area contributed by atoms with Crippen molar-refractivity contribution in [3.63, 3.8) is 0 Å². The molecular weight excluding hydrogens is 383 g/mol. The minimum Gasteiger partial charge on any atom is -0.366 e. The van der Waals surface area contributed by atoms with Gasteiger partial charge in [-0.15, -0.1) is 0 Å². The van der Waals surface area contributed by atoms with E-state index in [9.17, 15) is 14.0 Å². The van der Waals surface area contributed by atoms with Crippen molar-refractivity contribution in [2.45, 2.75) is 6.42 Å². The van der Waals surface area contributed by atoms with Gasteiger partial charge in [-0.25, -0.2) is 4.39 Å². The molecule has 28 heavy (non-hydrogen) atoms. The van der Waals surface area contributed by atoms with Gasteiger partial charge in [-0.1, -0.05) is 23.7 Å². The Labute approximate surface area is 167 Å². The summed E-state index contributed by atoms with van der Waals surface area (Å²) in [5.74, 6) is -1.29. The summed E-state index contributed by atoms with van der Waals surface area (Å²) < 4.78 is 13.9. The number of carbonyl (C=O) groups is 2. The van der Waals surface area contributed by atoms with Crippen molar-refractivity contribution in [2.75, 3.05) is 36.4 Å². The number of nitrogens with zero attached hydrogens (tertiary/aromatic N) is 3. The number of halogens is 2. The van der Waals surface area contributed by atoms with Gasteiger partial charge in [-0.3, -0.25) is 9.59 Å². The molecule has 1 saturated heterocycles. The van der Waals surface area contributed by atoms with Gasteiger partial charge < -0.3 is 15.1 Å². The molecule has 0 bridgehead atoms. The Morgan fingerprint density at radius 3 is 2.54 bits per heavy atom. The van der Waals surface area contributed by atoms with Crippen LogP contribution in [0.1, 0.15) is 16.8 Å². The Hall–Kier alpha value is -3.11. The minimum atomic E-state index is -0.532. The maximum atomic E-state index is 13.9. The zero-order valence-electron chi connectivity index (χ0n) is 15.0. The van der Waals surface area contributed by atoms with E-state index in [0.717, 1.165) is 5.69 Å². The molecule has 8 heteroatoms. The molecule has 1 heterocycles. The zero-order chi connectivity index (χ0) is 20.1. The van der Waals surface area contributed by atoms with Crippen LogP contribution in [0.25, 0.3) is 0 Å². The highest BCUT2D eigenvalue weighted by atomic mass is 35.5. The molecule has 1 aliphatic rings. The van der Waals surface area contributed by atoms with Crippen molar-refractivity contribution in [1.29, 1.82) is 5.26 Å². The summed E-state index contributed by atoms with van der Waals surface area (Å²) in [6, 6.07) is 12.9. The lowest BCUT2D eigenvalue weighted by Gasteiger charge is -2.37. The predicted octanol–water partition coefficient (Wildman–Crippen LogP) is 3.29. The third-order valence-corrected chi connectivity index (χ3v) is 4.72. The summed E-state index contributed by atoms with van der Waals surface area (Å²) in [6.07, 6.45) is -0.253. The third kappa shape index (κ3) is 4.41. The topological polar surface area (TPSA) is 76.4 Å². The number of hydrogen-bond acceptors (Lipinski definition) is 4. The average molecular weight is 401 g/mol. The summed E-state index contributed by atoms with van der Waals surface area (Å²) in [4.78, 5) is 28.0. The van der Waals surface area contributed by atoms with Gasteiger partial charge in [0.25, 0.3) is 5.91 Å². The second-order valence-corrected chi connectivity index (χ2v) is 6.74. The number of rotatable bonds is 4. The normalized spacial score (nSPS) is 13.8. The van der Waals surface area contributed by atoms with Crippen LogP contribution in [0.5, 0.6) is 0 Å². The highest BCUT2D eigenvalue weighted by molar-refractivity contribution is 6.31. The van der Waals surface area contributed by atoms with E-state index in [1.165, 1.54) is 12.1 Å². The summed E-state index contributed by atoms with van der Waals surface area (Å²) in [5.41, 5.74) is 1.34. The SMILES string of the molecule is N#CCC(=O)Nc1cc(Cl)ccc1N1CCN(C(=O)c2ccccc2F)CC1. The lowest BCUT2D eigenvalue weighted by atomic mass is 10.1. The molecule has 2 amide bonds. The Bertz CT molecular complexity index is 936. The van der Waals surface area contributed by atoms with Gasteiger partial charge in [0.15, 0.2) is 0 Å². The van der Waals surface area contributed by atoms with E-state index in [1.54, 1.807) is 41.3 Å². The number of benzene rings is 2. The molecule has 3 rings (SSSR count). The molecule has 1 N–H and O–H groups in total. The number of hydrogen-bond donors (Lipinski definition) is 1. The van der Waals surface area contributed by atoms with Gasteiger partial charge >= 0.3 is 0 Å². The van der Waals surface area contributed by atoms with Gasteiger partial charge in [0.05, 0.1) is 23.0 Å². The molecule has 6 nitrogen and oxygen atoms in total. The van der Waals surface area contributed by atoms with Gasteiger partial charge in [0.2, 0.25) is 5.91 Å². The Morgan fingerprint density at radius 1 is 1.14 bits per heavy atom. The monoisotopic (exact) mass is 400 g/mol.